The molecule has 1 heterocycles. The van der Waals surface area contributed by atoms with Gasteiger partial charge in [-0.2, -0.15) is 0 Å². The lowest BCUT2D eigenvalue weighted by Crippen LogP contribution is -1.97. The van der Waals surface area contributed by atoms with Crippen molar-refractivity contribution in [1.29, 1.82) is 0 Å². The number of fused-ring (bicyclic) bond motifs is 1. The van der Waals surface area contributed by atoms with Crippen LogP contribution in [-0.4, -0.2) is 9.97 Å². The zero-order chi connectivity index (χ0) is 12.4. The summed E-state index contributed by atoms with van der Waals surface area (Å²) < 4.78 is 0. The van der Waals surface area contributed by atoms with Crippen molar-refractivity contribution in [1.82, 2.24) is 9.97 Å². The number of nitrogen functional groups attached to an aromatic ring is 1. The van der Waals surface area contributed by atoms with E-state index in [1.54, 1.807) is 12.4 Å². The van der Waals surface area contributed by atoms with Crippen LogP contribution in [0.5, 0.6) is 0 Å². The van der Waals surface area contributed by atoms with Gasteiger partial charge in [-0.3, -0.25) is 0 Å². The zero-order valence-electron chi connectivity index (χ0n) is 9.67. The summed E-state index contributed by atoms with van der Waals surface area (Å²) in [6.45, 7) is 0. The Bertz CT molecular complexity index is 677. The van der Waals surface area contributed by atoms with Gasteiger partial charge in [-0.1, -0.05) is 30.3 Å². The molecule has 4 heteroatoms. The van der Waals surface area contributed by atoms with E-state index in [2.05, 4.69) is 39.6 Å². The number of hydrogen-bond donors (Lipinski definition) is 2. The highest BCUT2D eigenvalue weighted by molar-refractivity contribution is 5.86. The monoisotopic (exact) mass is 236 g/mol. The predicted octanol–water partition coefficient (Wildman–Crippen LogP) is 2.96. The fraction of sp³-hybridized carbons (Fsp3) is 0. The van der Waals surface area contributed by atoms with Gasteiger partial charge < -0.3 is 11.1 Å². The molecule has 0 aliphatic carbocycles. The maximum atomic E-state index is 5.54. The summed E-state index contributed by atoms with van der Waals surface area (Å²) in [4.78, 5) is 8.21. The van der Waals surface area contributed by atoms with Gasteiger partial charge in [0.05, 0.1) is 18.1 Å². The van der Waals surface area contributed by atoms with Crippen molar-refractivity contribution in [3.63, 3.8) is 0 Å². The lowest BCUT2D eigenvalue weighted by atomic mass is 10.1. The molecule has 0 bridgehead atoms. The molecule has 0 fully saturated rings. The molecule has 0 unspecified atom stereocenters. The minimum atomic E-state index is 0.541. The molecule has 3 N–H and O–H groups in total. The lowest BCUT2D eigenvalue weighted by molar-refractivity contribution is 1.17. The van der Waals surface area contributed by atoms with Crippen molar-refractivity contribution in [2.24, 2.45) is 0 Å². The molecule has 0 amide bonds. The van der Waals surface area contributed by atoms with Crippen molar-refractivity contribution < 1.29 is 0 Å². The number of benzene rings is 2. The van der Waals surface area contributed by atoms with Crippen LogP contribution >= 0.6 is 0 Å². The molecular formula is C14H12N4. The smallest absolute Gasteiger partial charge is 0.227 e. The zero-order valence-corrected chi connectivity index (χ0v) is 9.67. The van der Waals surface area contributed by atoms with E-state index in [-0.39, 0.29) is 0 Å². The Morgan fingerprint density at radius 1 is 0.889 bits per heavy atom. The van der Waals surface area contributed by atoms with Crippen LogP contribution in [0.15, 0.2) is 54.9 Å². The highest BCUT2D eigenvalue weighted by Crippen LogP contribution is 2.20. The van der Waals surface area contributed by atoms with Crippen LogP contribution in [0, 0.1) is 0 Å². The molecule has 18 heavy (non-hydrogen) atoms. The van der Waals surface area contributed by atoms with E-state index in [1.165, 1.54) is 10.8 Å². The average Bonchev–Trinajstić information content (AvgIpc) is 2.41. The molecule has 0 radical (unpaired) electrons. The molecule has 4 nitrogen and oxygen atoms in total. The Balaban J connectivity index is 1.92. The first-order chi connectivity index (χ1) is 8.81. The Morgan fingerprint density at radius 2 is 1.61 bits per heavy atom. The molecular weight excluding hydrogens is 224 g/mol. The number of nitrogens with two attached hydrogens (primary N) is 1. The molecule has 0 aliphatic heterocycles. The molecule has 2 aromatic carbocycles. The topological polar surface area (TPSA) is 63.8 Å². The molecule has 0 aliphatic rings. The van der Waals surface area contributed by atoms with Crippen molar-refractivity contribution >= 4 is 28.1 Å². The summed E-state index contributed by atoms with van der Waals surface area (Å²) >= 11 is 0. The molecule has 1 aromatic heterocycles. The van der Waals surface area contributed by atoms with Crippen LogP contribution in [-0.2, 0) is 0 Å². The Kier molecular flexibility index (Phi) is 2.53. The van der Waals surface area contributed by atoms with Crippen LogP contribution in [0.1, 0.15) is 0 Å². The standard InChI is InChI=1S/C14H12N4/c15-12-8-16-14(17-9-12)18-13-6-5-10-3-1-2-4-11(10)7-13/h1-9H,15H2,(H,16,17,18). The van der Waals surface area contributed by atoms with E-state index in [1.807, 2.05) is 18.2 Å². The molecule has 3 rings (SSSR count). The second kappa shape index (κ2) is 4.33. The molecule has 0 atom stereocenters. The maximum absolute atomic E-state index is 5.54. The number of nitrogens with one attached hydrogen (secondary N) is 1. The van der Waals surface area contributed by atoms with Gasteiger partial charge in [0, 0.05) is 5.69 Å². The largest absolute Gasteiger partial charge is 0.396 e. The summed E-state index contributed by atoms with van der Waals surface area (Å²) in [6.07, 6.45) is 3.16. The van der Waals surface area contributed by atoms with E-state index in [0.29, 0.717) is 11.6 Å². The molecule has 3 aromatic rings. The first-order valence-electron chi connectivity index (χ1n) is 5.65. The Hall–Kier alpha value is -2.62. The second-order valence-electron chi connectivity index (χ2n) is 4.03. The molecule has 0 saturated carbocycles. The second-order valence-corrected chi connectivity index (χ2v) is 4.03. The third kappa shape index (κ3) is 2.08. The highest BCUT2D eigenvalue weighted by atomic mass is 15.1. The van der Waals surface area contributed by atoms with Crippen LogP contribution < -0.4 is 11.1 Å². The van der Waals surface area contributed by atoms with Crippen LogP contribution in [0.2, 0.25) is 0 Å². The predicted molar refractivity (Wildman–Crippen MR) is 73.7 cm³/mol. The van der Waals surface area contributed by atoms with Gasteiger partial charge in [-0.25, -0.2) is 9.97 Å². The van der Waals surface area contributed by atoms with Gasteiger partial charge in [0.25, 0.3) is 0 Å². The van der Waals surface area contributed by atoms with Crippen molar-refractivity contribution in [2.75, 3.05) is 11.1 Å². The van der Waals surface area contributed by atoms with E-state index in [0.717, 1.165) is 5.69 Å². The van der Waals surface area contributed by atoms with E-state index < -0.39 is 0 Å². The fourth-order valence-electron chi connectivity index (χ4n) is 1.80. The van der Waals surface area contributed by atoms with Crippen LogP contribution in [0.25, 0.3) is 10.8 Å². The van der Waals surface area contributed by atoms with E-state index in [4.69, 9.17) is 5.73 Å². The van der Waals surface area contributed by atoms with Gasteiger partial charge in [-0.05, 0) is 22.9 Å². The van der Waals surface area contributed by atoms with Gasteiger partial charge in [0.1, 0.15) is 0 Å². The van der Waals surface area contributed by atoms with Crippen molar-refractivity contribution in [2.45, 2.75) is 0 Å². The summed E-state index contributed by atoms with van der Waals surface area (Å²) in [6, 6.07) is 14.3. The van der Waals surface area contributed by atoms with E-state index in [9.17, 15) is 0 Å². The van der Waals surface area contributed by atoms with Gasteiger partial charge >= 0.3 is 0 Å². The first-order valence-corrected chi connectivity index (χ1v) is 5.65. The summed E-state index contributed by atoms with van der Waals surface area (Å²) in [5.74, 6) is 0.541. The van der Waals surface area contributed by atoms with Crippen LogP contribution in [0.4, 0.5) is 17.3 Å². The normalized spacial score (nSPS) is 10.4. The number of rotatable bonds is 2. The van der Waals surface area contributed by atoms with Crippen molar-refractivity contribution in [3.05, 3.63) is 54.9 Å². The average molecular weight is 236 g/mol. The van der Waals surface area contributed by atoms with E-state index >= 15 is 0 Å². The summed E-state index contributed by atoms with van der Waals surface area (Å²) in [7, 11) is 0. The number of hydrogen-bond acceptors (Lipinski definition) is 4. The van der Waals surface area contributed by atoms with Gasteiger partial charge in [0.15, 0.2) is 0 Å². The third-order valence-electron chi connectivity index (χ3n) is 2.68. The summed E-state index contributed by atoms with van der Waals surface area (Å²) in [5.41, 5.74) is 7.05. The summed E-state index contributed by atoms with van der Waals surface area (Å²) in [5, 5.41) is 5.53. The highest BCUT2D eigenvalue weighted by Gasteiger charge is 1.99. The minimum absolute atomic E-state index is 0.541. The number of nitrogens with zero attached hydrogens (tertiary/aromatic N) is 2. The maximum Gasteiger partial charge on any atom is 0.227 e. The van der Waals surface area contributed by atoms with Crippen LogP contribution in [0.3, 0.4) is 0 Å². The molecule has 88 valence electrons. The number of aromatic nitrogens is 2. The quantitative estimate of drug-likeness (QED) is 0.718. The third-order valence-corrected chi connectivity index (χ3v) is 2.68. The molecule has 0 saturated heterocycles. The lowest BCUT2D eigenvalue weighted by Gasteiger charge is -2.06. The minimum Gasteiger partial charge on any atom is -0.396 e. The first kappa shape index (κ1) is 10.5. The molecule has 0 spiro atoms. The Labute approximate surface area is 104 Å². The van der Waals surface area contributed by atoms with Gasteiger partial charge in [0.2, 0.25) is 5.95 Å². The Morgan fingerprint density at radius 3 is 2.39 bits per heavy atom. The van der Waals surface area contributed by atoms with Gasteiger partial charge in [-0.15, -0.1) is 0 Å². The fourth-order valence-corrected chi connectivity index (χ4v) is 1.80. The number of anilines is 3. The van der Waals surface area contributed by atoms with Crippen molar-refractivity contribution in [3.8, 4) is 0 Å². The SMILES string of the molecule is Nc1cnc(Nc2ccc3ccccc3c2)nc1.